The van der Waals surface area contributed by atoms with Crippen molar-refractivity contribution in [2.45, 2.75) is 38.5 Å². The van der Waals surface area contributed by atoms with Gasteiger partial charge in [-0.25, -0.2) is 9.97 Å². The standard InChI is InChI=1S/C20H23N5O2/c1-13-15-11-16(26)24(3)17(15)23-19(22-13)20(2)7-4-10-25(12-20)18(27)14-5-8-21-9-6-14/h5-6,8-9H,4,7,10-12H2,1-3H3/t20-/m1/s1. The first-order valence-corrected chi connectivity index (χ1v) is 9.23. The summed E-state index contributed by atoms with van der Waals surface area (Å²) in [5.41, 5.74) is 2.07. The minimum atomic E-state index is -0.340. The number of carbonyl (C=O) groups excluding carboxylic acids is 2. The van der Waals surface area contributed by atoms with Crippen LogP contribution >= 0.6 is 0 Å². The number of anilines is 1. The average Bonchev–Trinajstić information content (AvgIpc) is 2.97. The van der Waals surface area contributed by atoms with E-state index >= 15 is 0 Å². The SMILES string of the molecule is Cc1nc([C@]2(C)CCCN(C(=O)c3ccncc3)C2)nc2c1CC(=O)N2C. The Labute approximate surface area is 158 Å². The number of aryl methyl sites for hydroxylation is 1. The summed E-state index contributed by atoms with van der Waals surface area (Å²) in [6.45, 7) is 5.32. The summed E-state index contributed by atoms with van der Waals surface area (Å²) in [5.74, 6) is 1.48. The van der Waals surface area contributed by atoms with Gasteiger partial charge in [0.2, 0.25) is 5.91 Å². The molecular formula is C20H23N5O2. The molecule has 4 rings (SSSR count). The van der Waals surface area contributed by atoms with Gasteiger partial charge in [-0.2, -0.15) is 0 Å². The van der Waals surface area contributed by atoms with Gasteiger partial charge in [-0.3, -0.25) is 19.5 Å². The highest BCUT2D eigenvalue weighted by Crippen LogP contribution is 2.36. The van der Waals surface area contributed by atoms with E-state index in [0.29, 0.717) is 30.2 Å². The Hall–Kier alpha value is -2.83. The van der Waals surface area contributed by atoms with Gasteiger partial charge in [0.25, 0.3) is 5.91 Å². The molecule has 0 bridgehead atoms. The molecule has 7 heteroatoms. The van der Waals surface area contributed by atoms with Crippen LogP contribution < -0.4 is 4.90 Å². The van der Waals surface area contributed by atoms with Gasteiger partial charge < -0.3 is 4.90 Å². The second-order valence-corrected chi connectivity index (χ2v) is 7.69. The molecule has 0 spiro atoms. The number of carbonyl (C=O) groups is 2. The van der Waals surface area contributed by atoms with Gasteiger partial charge in [-0.15, -0.1) is 0 Å². The Morgan fingerprint density at radius 2 is 1.96 bits per heavy atom. The van der Waals surface area contributed by atoms with E-state index in [-0.39, 0.29) is 17.2 Å². The molecule has 0 aliphatic carbocycles. The molecule has 27 heavy (non-hydrogen) atoms. The summed E-state index contributed by atoms with van der Waals surface area (Å²) in [4.78, 5) is 41.9. The fourth-order valence-electron chi connectivity index (χ4n) is 4.00. The molecule has 0 radical (unpaired) electrons. The molecule has 2 amide bonds. The quantitative estimate of drug-likeness (QED) is 0.812. The predicted octanol–water partition coefficient (Wildman–Crippen LogP) is 1.89. The lowest BCUT2D eigenvalue weighted by Gasteiger charge is -2.39. The maximum absolute atomic E-state index is 12.9. The van der Waals surface area contributed by atoms with Gasteiger partial charge >= 0.3 is 0 Å². The molecule has 1 atom stereocenters. The minimum absolute atomic E-state index is 0.00787. The van der Waals surface area contributed by atoms with E-state index < -0.39 is 0 Å². The van der Waals surface area contributed by atoms with E-state index in [0.717, 1.165) is 30.6 Å². The molecule has 2 aromatic rings. The molecule has 2 aliphatic heterocycles. The van der Waals surface area contributed by atoms with E-state index in [1.54, 1.807) is 36.5 Å². The lowest BCUT2D eigenvalue weighted by molar-refractivity contribution is -0.117. The predicted molar refractivity (Wildman–Crippen MR) is 101 cm³/mol. The minimum Gasteiger partial charge on any atom is -0.338 e. The zero-order valence-electron chi connectivity index (χ0n) is 15.9. The van der Waals surface area contributed by atoms with Gasteiger partial charge in [-0.1, -0.05) is 6.92 Å². The molecule has 7 nitrogen and oxygen atoms in total. The Balaban J connectivity index is 1.65. The number of likely N-dealkylation sites (N-methyl/N-ethyl adjacent to an activating group) is 1. The van der Waals surface area contributed by atoms with Crippen LogP contribution in [0.1, 0.15) is 47.2 Å². The van der Waals surface area contributed by atoms with E-state index in [2.05, 4.69) is 11.9 Å². The number of piperidine rings is 1. The summed E-state index contributed by atoms with van der Waals surface area (Å²) < 4.78 is 0. The van der Waals surface area contributed by atoms with Gasteiger partial charge in [0, 0.05) is 54.8 Å². The van der Waals surface area contributed by atoms with Crippen molar-refractivity contribution in [3.05, 3.63) is 47.2 Å². The molecule has 0 unspecified atom stereocenters. The van der Waals surface area contributed by atoms with Gasteiger partial charge in [0.05, 0.1) is 6.42 Å². The van der Waals surface area contributed by atoms with E-state index in [4.69, 9.17) is 9.97 Å². The number of nitrogens with zero attached hydrogens (tertiary/aromatic N) is 5. The first-order chi connectivity index (χ1) is 12.9. The van der Waals surface area contributed by atoms with Crippen LogP contribution in [-0.4, -0.2) is 51.8 Å². The zero-order chi connectivity index (χ0) is 19.2. The second-order valence-electron chi connectivity index (χ2n) is 7.69. The van der Waals surface area contributed by atoms with E-state index in [9.17, 15) is 9.59 Å². The number of rotatable bonds is 2. The highest BCUT2D eigenvalue weighted by molar-refractivity contribution is 6.00. The fraction of sp³-hybridized carbons (Fsp3) is 0.450. The van der Waals surface area contributed by atoms with Crippen molar-refractivity contribution in [3.63, 3.8) is 0 Å². The number of fused-ring (bicyclic) bond motifs is 1. The highest BCUT2D eigenvalue weighted by atomic mass is 16.2. The van der Waals surface area contributed by atoms with Crippen LogP contribution in [0.5, 0.6) is 0 Å². The summed E-state index contributed by atoms with van der Waals surface area (Å²) in [5, 5.41) is 0. The lowest BCUT2D eigenvalue weighted by Crippen LogP contribution is -2.48. The number of hydrogen-bond donors (Lipinski definition) is 0. The third kappa shape index (κ3) is 2.97. The van der Waals surface area contributed by atoms with Crippen molar-refractivity contribution in [1.29, 1.82) is 0 Å². The molecule has 2 aliphatic rings. The zero-order valence-corrected chi connectivity index (χ0v) is 15.9. The first-order valence-electron chi connectivity index (χ1n) is 9.23. The van der Waals surface area contributed by atoms with Crippen LogP contribution in [0, 0.1) is 6.92 Å². The first kappa shape index (κ1) is 17.6. The normalized spacial score (nSPS) is 22.1. The van der Waals surface area contributed by atoms with Crippen molar-refractivity contribution in [3.8, 4) is 0 Å². The van der Waals surface area contributed by atoms with E-state index in [1.165, 1.54) is 0 Å². The number of hydrogen-bond acceptors (Lipinski definition) is 5. The smallest absolute Gasteiger partial charge is 0.253 e. The molecular weight excluding hydrogens is 342 g/mol. The topological polar surface area (TPSA) is 79.3 Å². The number of amides is 2. The number of likely N-dealkylation sites (tertiary alicyclic amines) is 1. The van der Waals surface area contributed by atoms with Gasteiger partial charge in [0.15, 0.2) is 0 Å². The molecule has 0 saturated carbocycles. The molecule has 4 heterocycles. The largest absolute Gasteiger partial charge is 0.338 e. The maximum Gasteiger partial charge on any atom is 0.253 e. The Morgan fingerprint density at radius 1 is 1.22 bits per heavy atom. The number of pyridine rings is 1. The molecule has 1 saturated heterocycles. The molecule has 0 N–H and O–H groups in total. The molecule has 1 fully saturated rings. The highest BCUT2D eigenvalue weighted by Gasteiger charge is 2.39. The Kier molecular flexibility index (Phi) is 4.17. The second kappa shape index (κ2) is 6.40. The van der Waals surface area contributed by atoms with Crippen molar-refractivity contribution < 1.29 is 9.59 Å². The van der Waals surface area contributed by atoms with Crippen LogP contribution in [0.25, 0.3) is 0 Å². The van der Waals surface area contributed by atoms with Crippen LogP contribution in [0.4, 0.5) is 5.82 Å². The van der Waals surface area contributed by atoms with Crippen LogP contribution in [0.3, 0.4) is 0 Å². The van der Waals surface area contributed by atoms with Crippen LogP contribution in [0.2, 0.25) is 0 Å². The van der Waals surface area contributed by atoms with Crippen LogP contribution in [-0.2, 0) is 16.6 Å². The van der Waals surface area contributed by atoms with Gasteiger partial charge in [0.1, 0.15) is 11.6 Å². The number of aromatic nitrogens is 3. The Bertz CT molecular complexity index is 914. The van der Waals surface area contributed by atoms with Crippen molar-refractivity contribution >= 4 is 17.6 Å². The van der Waals surface area contributed by atoms with Crippen molar-refractivity contribution in [2.24, 2.45) is 0 Å². The summed E-state index contributed by atoms with van der Waals surface area (Å²) in [7, 11) is 1.76. The summed E-state index contributed by atoms with van der Waals surface area (Å²) in [6, 6.07) is 3.48. The van der Waals surface area contributed by atoms with Crippen molar-refractivity contribution in [2.75, 3.05) is 25.0 Å². The fourth-order valence-corrected chi connectivity index (χ4v) is 4.00. The third-order valence-corrected chi connectivity index (χ3v) is 5.66. The third-order valence-electron chi connectivity index (χ3n) is 5.66. The maximum atomic E-state index is 12.9. The molecule has 0 aromatic carbocycles. The Morgan fingerprint density at radius 3 is 2.70 bits per heavy atom. The molecule has 2 aromatic heterocycles. The average molecular weight is 365 g/mol. The monoisotopic (exact) mass is 365 g/mol. The van der Waals surface area contributed by atoms with Crippen molar-refractivity contribution in [1.82, 2.24) is 19.9 Å². The van der Waals surface area contributed by atoms with Crippen LogP contribution in [0.15, 0.2) is 24.5 Å². The molecule has 140 valence electrons. The van der Waals surface area contributed by atoms with Gasteiger partial charge in [-0.05, 0) is 31.9 Å². The summed E-state index contributed by atoms with van der Waals surface area (Å²) in [6.07, 6.45) is 5.43. The van der Waals surface area contributed by atoms with E-state index in [1.807, 2.05) is 11.8 Å². The lowest BCUT2D eigenvalue weighted by atomic mass is 9.80. The summed E-state index contributed by atoms with van der Waals surface area (Å²) >= 11 is 0.